The molecule has 1 fully saturated rings. The van der Waals surface area contributed by atoms with Crippen molar-refractivity contribution in [2.45, 2.75) is 45.6 Å². The molecule has 1 saturated carbocycles. The molecule has 1 aliphatic carbocycles. The number of benzene rings is 1. The number of nitrogens with one attached hydrogen (secondary N) is 1. The average molecular weight is 304 g/mol. The molecule has 1 aliphatic rings. The number of hydrogen-bond donors (Lipinski definition) is 1. The average Bonchev–Trinajstić information content (AvgIpc) is 2.51. The minimum Gasteiger partial charge on any atom is -0.491 e. The number of rotatable bonds is 5. The van der Waals surface area contributed by atoms with Gasteiger partial charge in [0.05, 0.1) is 6.54 Å². The number of carbonyl (C=O) groups is 1. The zero-order chi connectivity index (χ0) is 15.9. The van der Waals surface area contributed by atoms with Crippen molar-refractivity contribution in [1.29, 1.82) is 0 Å². The first kappa shape index (κ1) is 16.7. The zero-order valence-corrected chi connectivity index (χ0v) is 14.0. The summed E-state index contributed by atoms with van der Waals surface area (Å²) >= 11 is 0. The molecule has 0 saturated heterocycles. The molecular weight excluding hydrogens is 276 g/mol. The van der Waals surface area contributed by atoms with Gasteiger partial charge in [-0.2, -0.15) is 0 Å². The first-order valence-electron chi connectivity index (χ1n) is 8.28. The van der Waals surface area contributed by atoms with E-state index in [1.165, 1.54) is 19.3 Å². The Hall–Kier alpha value is -1.71. The highest BCUT2D eigenvalue weighted by molar-refractivity contribution is 5.74. The molecule has 2 atom stereocenters. The Kier molecular flexibility index (Phi) is 6.10. The van der Waals surface area contributed by atoms with Crippen LogP contribution >= 0.6 is 0 Å². The first-order chi connectivity index (χ1) is 10.6. The molecule has 4 heteroatoms. The van der Waals surface area contributed by atoms with Crippen LogP contribution in [0, 0.1) is 12.8 Å². The molecule has 22 heavy (non-hydrogen) atoms. The summed E-state index contributed by atoms with van der Waals surface area (Å²) in [4.78, 5) is 13.9. The highest BCUT2D eigenvalue weighted by Crippen LogP contribution is 2.23. The van der Waals surface area contributed by atoms with Gasteiger partial charge in [-0.3, -0.25) is 0 Å². The third-order valence-electron chi connectivity index (χ3n) is 4.54. The van der Waals surface area contributed by atoms with Crippen molar-refractivity contribution in [2.24, 2.45) is 5.92 Å². The van der Waals surface area contributed by atoms with Crippen molar-refractivity contribution in [3.8, 4) is 5.75 Å². The third kappa shape index (κ3) is 4.65. The fourth-order valence-electron chi connectivity index (χ4n) is 2.91. The molecule has 1 N–H and O–H groups in total. The molecule has 1 aromatic rings. The maximum atomic E-state index is 12.2. The van der Waals surface area contributed by atoms with Gasteiger partial charge in [0, 0.05) is 13.1 Å². The van der Waals surface area contributed by atoms with Gasteiger partial charge in [0.1, 0.15) is 12.4 Å². The lowest BCUT2D eigenvalue weighted by molar-refractivity contribution is 0.181. The van der Waals surface area contributed by atoms with E-state index in [1.807, 2.05) is 38.2 Å². The van der Waals surface area contributed by atoms with Crippen molar-refractivity contribution in [1.82, 2.24) is 10.2 Å². The second kappa shape index (κ2) is 8.06. The number of urea groups is 1. The van der Waals surface area contributed by atoms with Crippen LogP contribution < -0.4 is 10.1 Å². The Morgan fingerprint density at radius 1 is 1.32 bits per heavy atom. The van der Waals surface area contributed by atoms with Crippen molar-refractivity contribution < 1.29 is 9.53 Å². The van der Waals surface area contributed by atoms with Crippen LogP contribution in [0.1, 0.15) is 38.2 Å². The van der Waals surface area contributed by atoms with Gasteiger partial charge in [-0.05, 0) is 37.3 Å². The normalized spacial score (nSPS) is 21.2. The molecular formula is C18H28N2O2. The highest BCUT2D eigenvalue weighted by atomic mass is 16.5. The fraction of sp³-hybridized carbons (Fsp3) is 0.611. The topological polar surface area (TPSA) is 41.6 Å². The van der Waals surface area contributed by atoms with Gasteiger partial charge >= 0.3 is 6.03 Å². The molecule has 4 nitrogen and oxygen atoms in total. The molecule has 0 bridgehead atoms. The Labute approximate surface area is 133 Å². The molecule has 0 heterocycles. The molecule has 0 aromatic heterocycles. The summed E-state index contributed by atoms with van der Waals surface area (Å²) in [6.45, 7) is 5.35. The minimum atomic E-state index is 0.00661. The standard InChI is InChI=1S/C18H28N2O2/c1-14-8-4-6-10-16(14)19-18(21)20(3)12-13-22-17-11-7-5-9-15(17)2/h5,7,9,11,14,16H,4,6,8,10,12-13H2,1-3H3,(H,19,21)/t14-,16+/m0/s1. The van der Waals surface area contributed by atoms with Gasteiger partial charge in [-0.25, -0.2) is 4.79 Å². The molecule has 0 unspecified atom stereocenters. The maximum absolute atomic E-state index is 12.2. The summed E-state index contributed by atoms with van der Waals surface area (Å²) in [6, 6.07) is 8.26. The van der Waals surface area contributed by atoms with E-state index in [0.29, 0.717) is 25.1 Å². The van der Waals surface area contributed by atoms with E-state index in [0.717, 1.165) is 17.7 Å². The van der Waals surface area contributed by atoms with Crippen molar-refractivity contribution in [3.63, 3.8) is 0 Å². The number of likely N-dealkylation sites (N-methyl/N-ethyl adjacent to an activating group) is 1. The van der Waals surface area contributed by atoms with E-state index in [9.17, 15) is 4.79 Å². The number of carbonyl (C=O) groups excluding carboxylic acids is 1. The number of aryl methyl sites for hydroxylation is 1. The van der Waals surface area contributed by atoms with Crippen molar-refractivity contribution in [3.05, 3.63) is 29.8 Å². The summed E-state index contributed by atoms with van der Waals surface area (Å²) in [6.07, 6.45) is 4.81. The number of para-hydroxylation sites is 1. The van der Waals surface area contributed by atoms with Gasteiger partial charge in [0.25, 0.3) is 0 Å². The second-order valence-corrected chi connectivity index (χ2v) is 6.35. The highest BCUT2D eigenvalue weighted by Gasteiger charge is 2.23. The Morgan fingerprint density at radius 3 is 2.77 bits per heavy atom. The van der Waals surface area contributed by atoms with Crippen LogP contribution in [0.25, 0.3) is 0 Å². The van der Waals surface area contributed by atoms with Gasteiger partial charge < -0.3 is 15.0 Å². The van der Waals surface area contributed by atoms with E-state index < -0.39 is 0 Å². The van der Waals surface area contributed by atoms with Gasteiger partial charge in [-0.15, -0.1) is 0 Å². The number of ether oxygens (including phenoxy) is 1. The Balaban J connectivity index is 1.73. The van der Waals surface area contributed by atoms with Crippen molar-refractivity contribution >= 4 is 6.03 Å². The summed E-state index contributed by atoms with van der Waals surface area (Å²) in [5.74, 6) is 1.46. The minimum absolute atomic E-state index is 0.00661. The van der Waals surface area contributed by atoms with Gasteiger partial charge in [-0.1, -0.05) is 38.0 Å². The molecule has 0 radical (unpaired) electrons. The number of hydrogen-bond acceptors (Lipinski definition) is 2. The van der Waals surface area contributed by atoms with Gasteiger partial charge in [0.2, 0.25) is 0 Å². The lowest BCUT2D eigenvalue weighted by Crippen LogP contribution is -2.47. The lowest BCUT2D eigenvalue weighted by Gasteiger charge is -2.31. The van der Waals surface area contributed by atoms with Crippen LogP contribution in [0.2, 0.25) is 0 Å². The van der Waals surface area contributed by atoms with Crippen LogP contribution in [0.5, 0.6) is 5.75 Å². The zero-order valence-electron chi connectivity index (χ0n) is 14.0. The maximum Gasteiger partial charge on any atom is 0.317 e. The molecule has 0 spiro atoms. The SMILES string of the molecule is Cc1ccccc1OCCN(C)C(=O)N[C@@H]1CCCC[C@@H]1C. The Bertz CT molecular complexity index is 490. The van der Waals surface area contributed by atoms with Crippen LogP contribution in [0.4, 0.5) is 4.79 Å². The van der Waals surface area contributed by atoms with Crippen LogP contribution in [0.15, 0.2) is 24.3 Å². The summed E-state index contributed by atoms with van der Waals surface area (Å²) < 4.78 is 5.75. The monoisotopic (exact) mass is 304 g/mol. The number of nitrogens with zero attached hydrogens (tertiary/aromatic N) is 1. The van der Waals surface area contributed by atoms with E-state index >= 15 is 0 Å². The quantitative estimate of drug-likeness (QED) is 0.903. The Morgan fingerprint density at radius 2 is 2.05 bits per heavy atom. The van der Waals surface area contributed by atoms with Crippen LogP contribution in [-0.2, 0) is 0 Å². The lowest BCUT2D eigenvalue weighted by atomic mass is 9.86. The summed E-state index contributed by atoms with van der Waals surface area (Å²) in [7, 11) is 1.82. The molecule has 1 aromatic carbocycles. The molecule has 0 aliphatic heterocycles. The van der Waals surface area contributed by atoms with Crippen LogP contribution in [-0.4, -0.2) is 37.2 Å². The second-order valence-electron chi connectivity index (χ2n) is 6.35. The predicted molar refractivity (Wildman–Crippen MR) is 89.3 cm³/mol. The molecule has 122 valence electrons. The molecule has 2 amide bonds. The van der Waals surface area contributed by atoms with Crippen LogP contribution in [0.3, 0.4) is 0 Å². The van der Waals surface area contributed by atoms with E-state index in [4.69, 9.17) is 4.74 Å². The van der Waals surface area contributed by atoms with E-state index in [-0.39, 0.29) is 6.03 Å². The van der Waals surface area contributed by atoms with Crippen molar-refractivity contribution in [2.75, 3.05) is 20.2 Å². The largest absolute Gasteiger partial charge is 0.491 e. The smallest absolute Gasteiger partial charge is 0.317 e. The summed E-state index contributed by atoms with van der Waals surface area (Å²) in [5, 5.41) is 3.16. The first-order valence-corrected chi connectivity index (χ1v) is 8.28. The van der Waals surface area contributed by atoms with E-state index in [1.54, 1.807) is 4.90 Å². The van der Waals surface area contributed by atoms with E-state index in [2.05, 4.69) is 12.2 Å². The third-order valence-corrected chi connectivity index (χ3v) is 4.54. The molecule has 2 rings (SSSR count). The fourth-order valence-corrected chi connectivity index (χ4v) is 2.91. The predicted octanol–water partition coefficient (Wildman–Crippen LogP) is 3.59. The van der Waals surface area contributed by atoms with Gasteiger partial charge in [0.15, 0.2) is 0 Å². The number of amides is 2. The summed E-state index contributed by atoms with van der Waals surface area (Å²) in [5.41, 5.74) is 1.12.